The van der Waals surface area contributed by atoms with Gasteiger partial charge in [0.25, 0.3) is 0 Å². The zero-order valence-corrected chi connectivity index (χ0v) is 8.17. The maximum absolute atomic E-state index is 5.70. The van der Waals surface area contributed by atoms with Crippen LogP contribution in [-0.4, -0.2) is 15.0 Å². The van der Waals surface area contributed by atoms with Gasteiger partial charge in [0.15, 0.2) is 0 Å². The van der Waals surface area contributed by atoms with E-state index in [1.165, 1.54) is 0 Å². The highest BCUT2D eigenvalue weighted by atomic mass is 35.5. The number of hydrogen-bond acceptors (Lipinski definition) is 1. The van der Waals surface area contributed by atoms with Crippen molar-refractivity contribution < 1.29 is 4.43 Å². The minimum absolute atomic E-state index is 0.406. The molecule has 0 aliphatic heterocycles. The van der Waals surface area contributed by atoms with Gasteiger partial charge in [-0.1, -0.05) is 23.2 Å². The molecule has 0 heterocycles. The van der Waals surface area contributed by atoms with Crippen LogP contribution in [0.15, 0.2) is 0 Å². The van der Waals surface area contributed by atoms with Gasteiger partial charge in [0, 0.05) is 5.92 Å². The Bertz CT molecular complexity index is 92.0. The van der Waals surface area contributed by atoms with Crippen LogP contribution in [0.2, 0.25) is 0 Å². The van der Waals surface area contributed by atoms with Gasteiger partial charge in [0.1, 0.15) is 10.5 Å². The lowest BCUT2D eigenvalue weighted by Gasteiger charge is -2.16. The van der Waals surface area contributed by atoms with Crippen LogP contribution in [-0.2, 0) is 4.43 Å². The molecule has 0 amide bonds. The van der Waals surface area contributed by atoms with E-state index in [9.17, 15) is 0 Å². The van der Waals surface area contributed by atoms with E-state index in [1.807, 2.05) is 0 Å². The SMILES string of the molecule is [SiH3]OC(Cl)(Cl)C1CC1. The molecule has 0 spiro atoms. The van der Waals surface area contributed by atoms with Gasteiger partial charge in [-0.3, -0.25) is 0 Å². The lowest BCUT2D eigenvalue weighted by Crippen LogP contribution is -2.18. The van der Waals surface area contributed by atoms with Crippen LogP contribution < -0.4 is 0 Å². The maximum Gasteiger partial charge on any atom is 0.210 e. The van der Waals surface area contributed by atoms with Crippen molar-refractivity contribution in [2.45, 2.75) is 17.4 Å². The predicted molar refractivity (Wildman–Crippen MR) is 38.2 cm³/mol. The quantitative estimate of drug-likeness (QED) is 0.441. The van der Waals surface area contributed by atoms with E-state index in [4.69, 9.17) is 27.6 Å². The molecule has 1 aliphatic carbocycles. The van der Waals surface area contributed by atoms with Crippen molar-refractivity contribution in [3.8, 4) is 0 Å². The van der Waals surface area contributed by atoms with Crippen LogP contribution in [0.1, 0.15) is 12.8 Å². The molecule has 0 bridgehead atoms. The topological polar surface area (TPSA) is 9.23 Å². The largest absolute Gasteiger partial charge is 0.398 e. The van der Waals surface area contributed by atoms with Crippen molar-refractivity contribution >= 4 is 33.7 Å². The molecule has 1 nitrogen and oxygen atoms in total. The Kier molecular flexibility index (Phi) is 1.87. The van der Waals surface area contributed by atoms with Crippen LogP contribution in [0.3, 0.4) is 0 Å². The first-order chi connectivity index (χ1) is 3.67. The summed E-state index contributed by atoms with van der Waals surface area (Å²) >= 11 is 11.4. The highest BCUT2D eigenvalue weighted by Crippen LogP contribution is 2.46. The summed E-state index contributed by atoms with van der Waals surface area (Å²) in [5.41, 5.74) is 0. The van der Waals surface area contributed by atoms with Crippen LogP contribution in [0, 0.1) is 5.92 Å². The summed E-state index contributed by atoms with van der Waals surface area (Å²) in [5, 5.41) is 0. The van der Waals surface area contributed by atoms with E-state index < -0.39 is 4.52 Å². The number of hydrogen-bond donors (Lipinski definition) is 0. The summed E-state index contributed by atoms with van der Waals surface area (Å²) in [7, 11) is 0.621. The van der Waals surface area contributed by atoms with Gasteiger partial charge in [-0.15, -0.1) is 0 Å². The van der Waals surface area contributed by atoms with E-state index in [0.717, 1.165) is 12.8 Å². The van der Waals surface area contributed by atoms with E-state index in [1.54, 1.807) is 0 Å². The molecule has 0 aromatic rings. The second-order valence-electron chi connectivity index (χ2n) is 2.04. The molecule has 0 N–H and O–H groups in total. The summed E-state index contributed by atoms with van der Waals surface area (Å²) in [5.74, 6) is 0.406. The third kappa shape index (κ3) is 1.38. The zero-order chi connectivity index (χ0) is 6.20. The standard InChI is InChI=1S/C4H8Cl2OSi/c5-4(6,7-8)3-1-2-3/h3H,1-2H2,8H3. The first-order valence-corrected chi connectivity index (χ1v) is 4.17. The van der Waals surface area contributed by atoms with Gasteiger partial charge >= 0.3 is 0 Å². The van der Waals surface area contributed by atoms with Crippen molar-refractivity contribution in [3.05, 3.63) is 0 Å². The highest BCUT2D eigenvalue weighted by Gasteiger charge is 2.42. The first kappa shape index (κ1) is 6.87. The second-order valence-corrected chi connectivity index (χ2v) is 3.76. The smallest absolute Gasteiger partial charge is 0.210 e. The lowest BCUT2D eigenvalue weighted by atomic mass is 10.5. The minimum Gasteiger partial charge on any atom is -0.398 e. The Morgan fingerprint density at radius 1 is 1.50 bits per heavy atom. The first-order valence-electron chi connectivity index (χ1n) is 2.60. The van der Waals surface area contributed by atoms with Gasteiger partial charge in [0.2, 0.25) is 4.52 Å². The fourth-order valence-corrected chi connectivity index (χ4v) is 1.36. The Balaban J connectivity index is 2.37. The summed E-state index contributed by atoms with van der Waals surface area (Å²) in [4.78, 5) is 0. The molecular weight excluding hydrogens is 163 g/mol. The van der Waals surface area contributed by atoms with Crippen molar-refractivity contribution in [1.29, 1.82) is 0 Å². The molecule has 0 unspecified atom stereocenters. The molecule has 0 atom stereocenters. The fourth-order valence-electron chi connectivity index (χ4n) is 0.586. The Hall–Kier alpha value is 0.757. The Morgan fingerprint density at radius 2 is 2.00 bits per heavy atom. The monoisotopic (exact) mass is 170 g/mol. The summed E-state index contributed by atoms with van der Waals surface area (Å²) < 4.78 is 4.09. The van der Waals surface area contributed by atoms with E-state index in [2.05, 4.69) is 0 Å². The summed E-state index contributed by atoms with van der Waals surface area (Å²) in [6.07, 6.45) is 2.24. The van der Waals surface area contributed by atoms with Crippen LogP contribution >= 0.6 is 23.2 Å². The van der Waals surface area contributed by atoms with Gasteiger partial charge < -0.3 is 4.43 Å². The second kappa shape index (κ2) is 2.18. The highest BCUT2D eigenvalue weighted by molar-refractivity contribution is 6.48. The minimum atomic E-state index is -0.841. The lowest BCUT2D eigenvalue weighted by molar-refractivity contribution is 0.239. The summed E-state index contributed by atoms with van der Waals surface area (Å²) in [6.45, 7) is 0. The number of alkyl halides is 2. The molecule has 48 valence electrons. The van der Waals surface area contributed by atoms with E-state index in [-0.39, 0.29) is 0 Å². The van der Waals surface area contributed by atoms with Crippen LogP contribution in [0.4, 0.5) is 0 Å². The molecular formula is C4H8Cl2OSi. The van der Waals surface area contributed by atoms with Gasteiger partial charge in [0.05, 0.1) is 0 Å². The number of halogens is 2. The molecule has 0 radical (unpaired) electrons. The van der Waals surface area contributed by atoms with Crippen molar-refractivity contribution in [2.75, 3.05) is 0 Å². The van der Waals surface area contributed by atoms with Crippen molar-refractivity contribution in [2.24, 2.45) is 5.92 Å². The van der Waals surface area contributed by atoms with Gasteiger partial charge in [-0.25, -0.2) is 0 Å². The Labute approximate surface area is 61.8 Å². The van der Waals surface area contributed by atoms with E-state index in [0.29, 0.717) is 16.4 Å². The third-order valence-electron chi connectivity index (χ3n) is 1.32. The predicted octanol–water partition coefficient (Wildman–Crippen LogP) is 0.825. The molecule has 0 saturated heterocycles. The normalized spacial score (nSPS) is 21.8. The van der Waals surface area contributed by atoms with Crippen LogP contribution in [0.25, 0.3) is 0 Å². The summed E-state index contributed by atoms with van der Waals surface area (Å²) in [6, 6.07) is 0. The molecule has 0 aromatic heterocycles. The fraction of sp³-hybridized carbons (Fsp3) is 1.00. The molecule has 1 fully saturated rings. The molecule has 8 heavy (non-hydrogen) atoms. The average Bonchev–Trinajstić information content (AvgIpc) is 2.44. The van der Waals surface area contributed by atoms with Crippen molar-refractivity contribution in [1.82, 2.24) is 0 Å². The van der Waals surface area contributed by atoms with Gasteiger partial charge in [-0.05, 0) is 12.8 Å². The van der Waals surface area contributed by atoms with Crippen LogP contribution in [0.5, 0.6) is 0 Å². The van der Waals surface area contributed by atoms with Crippen molar-refractivity contribution in [3.63, 3.8) is 0 Å². The molecule has 1 rings (SSSR count). The zero-order valence-electron chi connectivity index (χ0n) is 4.66. The molecule has 1 saturated carbocycles. The Morgan fingerprint density at radius 3 is 2.12 bits per heavy atom. The molecule has 0 aromatic carbocycles. The van der Waals surface area contributed by atoms with Gasteiger partial charge in [-0.2, -0.15) is 0 Å². The average molecular weight is 171 g/mol. The molecule has 4 heteroatoms. The third-order valence-corrected chi connectivity index (χ3v) is 3.41. The maximum atomic E-state index is 5.70. The molecule has 1 aliphatic rings. The van der Waals surface area contributed by atoms with E-state index >= 15 is 0 Å². The number of rotatable bonds is 2.